The summed E-state index contributed by atoms with van der Waals surface area (Å²) in [7, 11) is 10.8. The summed E-state index contributed by atoms with van der Waals surface area (Å²) in [4.78, 5) is 36.0. The van der Waals surface area contributed by atoms with E-state index in [0.717, 1.165) is 57.4 Å². The number of likely N-dealkylation sites (tertiary alicyclic amines) is 7. The summed E-state index contributed by atoms with van der Waals surface area (Å²) in [5.41, 5.74) is 5.80. The maximum Gasteiger partial charge on any atom is 0.373 e. The van der Waals surface area contributed by atoms with Gasteiger partial charge in [-0.15, -0.1) is 0 Å². The van der Waals surface area contributed by atoms with Crippen LogP contribution in [0.15, 0.2) is 0 Å². The Morgan fingerprint density at radius 3 is 1.22 bits per heavy atom. The number of aliphatic hydroxyl groups is 1. The van der Waals surface area contributed by atoms with Crippen LogP contribution in [0, 0.1) is 0 Å². The van der Waals surface area contributed by atoms with Crippen LogP contribution in [-0.2, 0) is 14.3 Å². The number of morpholine rings is 1. The van der Waals surface area contributed by atoms with Crippen LogP contribution >= 0.6 is 0 Å². The number of piperidine rings is 4. The lowest BCUT2D eigenvalue weighted by molar-refractivity contribution is -0.191. The van der Waals surface area contributed by atoms with Crippen molar-refractivity contribution in [3.8, 4) is 0 Å². The molecule has 0 saturated carbocycles. The highest BCUT2D eigenvalue weighted by molar-refractivity contribution is 5.20. The topological polar surface area (TPSA) is 116 Å². The van der Waals surface area contributed by atoms with Crippen LogP contribution in [0.2, 0.25) is 0 Å². The minimum absolute atomic E-state index is 0.0741. The molecule has 8 fully saturated rings. The number of hydrogen-bond acceptors (Lipinski definition) is 13. The smallest absolute Gasteiger partial charge is 0.373 e. The van der Waals surface area contributed by atoms with Crippen LogP contribution in [0.25, 0.3) is 0 Å². The molecule has 0 aliphatic carbocycles. The van der Waals surface area contributed by atoms with E-state index < -0.39 is 0 Å². The molecule has 58 heavy (non-hydrogen) atoms. The Balaban J connectivity index is 0.000000193. The average molecular weight is 822 g/mol. The third-order valence-corrected chi connectivity index (χ3v) is 14.1. The molecule has 8 aliphatic heterocycles. The quantitative estimate of drug-likeness (QED) is 0.434. The molecular weight excluding hydrogens is 731 g/mol. The van der Waals surface area contributed by atoms with Gasteiger partial charge in [-0.2, -0.15) is 9.59 Å². The number of carbonyl (C=O) groups excluding carboxylic acids is 2. The lowest BCUT2D eigenvalue weighted by atomic mass is 10.0. The van der Waals surface area contributed by atoms with Gasteiger partial charge in [0.1, 0.15) is 0 Å². The number of nitrogens with two attached hydrogens (primary N) is 1. The molecule has 3 N–H and O–H groups in total. The van der Waals surface area contributed by atoms with Crippen LogP contribution in [0.3, 0.4) is 0 Å². The first-order valence-corrected chi connectivity index (χ1v) is 23.7. The Kier molecular flexibility index (Phi) is 26.6. The Labute approximate surface area is 355 Å². The Bertz CT molecular complexity index is 975. The number of ether oxygens (including phenoxy) is 1. The molecule has 13 nitrogen and oxygen atoms in total. The molecule has 0 aromatic heterocycles. The van der Waals surface area contributed by atoms with Gasteiger partial charge in [-0.05, 0) is 198 Å². The van der Waals surface area contributed by atoms with E-state index in [0.29, 0.717) is 12.2 Å². The highest BCUT2D eigenvalue weighted by atomic mass is 16.5. The van der Waals surface area contributed by atoms with Crippen molar-refractivity contribution < 1.29 is 19.4 Å². The second-order valence-corrected chi connectivity index (χ2v) is 18.8. The van der Waals surface area contributed by atoms with Gasteiger partial charge in [-0.1, -0.05) is 19.3 Å². The fourth-order valence-corrected chi connectivity index (χ4v) is 9.85. The van der Waals surface area contributed by atoms with Crippen LogP contribution in [-0.4, -0.2) is 227 Å². The molecule has 0 bridgehead atoms. The Hall–Kier alpha value is -1.06. The summed E-state index contributed by atoms with van der Waals surface area (Å²) in [5, 5.41) is 9.03. The van der Waals surface area contributed by atoms with Crippen molar-refractivity contribution >= 4 is 6.15 Å². The van der Waals surface area contributed by atoms with E-state index in [-0.39, 0.29) is 12.3 Å². The van der Waals surface area contributed by atoms with Gasteiger partial charge in [0, 0.05) is 43.8 Å². The summed E-state index contributed by atoms with van der Waals surface area (Å²) in [5.74, 6) is 0. The summed E-state index contributed by atoms with van der Waals surface area (Å²) in [6.07, 6.45) is 22.1. The largest absolute Gasteiger partial charge is 0.392 e. The van der Waals surface area contributed by atoms with E-state index in [1.54, 1.807) is 0 Å². The second kappa shape index (κ2) is 30.1. The van der Waals surface area contributed by atoms with E-state index in [1.165, 1.54) is 168 Å². The van der Waals surface area contributed by atoms with Gasteiger partial charge in [-0.25, -0.2) is 0 Å². The number of nitrogens with zero attached hydrogens (tertiary/aromatic N) is 8. The maximum atomic E-state index is 9.03. The van der Waals surface area contributed by atoms with E-state index in [1.807, 2.05) is 7.05 Å². The van der Waals surface area contributed by atoms with Crippen molar-refractivity contribution in [1.29, 1.82) is 0 Å². The summed E-state index contributed by atoms with van der Waals surface area (Å²) >= 11 is 0. The van der Waals surface area contributed by atoms with Crippen molar-refractivity contribution in [1.82, 2.24) is 39.2 Å². The average Bonchev–Trinajstić information content (AvgIpc) is 3.84. The molecule has 8 saturated heterocycles. The number of β-amino-alcohol motifs (C(OH)–C–C–N with tert-alkyl or cyclic N) is 1. The van der Waals surface area contributed by atoms with Crippen LogP contribution in [0.1, 0.15) is 110 Å². The molecular formula is C45H91N9O4. The van der Waals surface area contributed by atoms with E-state index in [9.17, 15) is 0 Å². The summed E-state index contributed by atoms with van der Waals surface area (Å²) in [6, 6.07) is 3.24. The molecule has 8 heterocycles. The van der Waals surface area contributed by atoms with Gasteiger partial charge >= 0.3 is 6.15 Å². The van der Waals surface area contributed by atoms with E-state index >= 15 is 0 Å². The van der Waals surface area contributed by atoms with E-state index in [2.05, 4.69) is 74.3 Å². The lowest BCUT2D eigenvalue weighted by Crippen LogP contribution is -2.48. The van der Waals surface area contributed by atoms with E-state index in [4.69, 9.17) is 25.2 Å². The number of rotatable bonds is 3. The van der Waals surface area contributed by atoms with Crippen molar-refractivity contribution in [3.63, 3.8) is 0 Å². The first-order chi connectivity index (χ1) is 28.0. The molecule has 3 unspecified atom stereocenters. The number of aliphatic hydroxyl groups excluding tert-OH is 1. The minimum atomic E-state index is -0.0741. The Morgan fingerprint density at radius 1 is 0.500 bits per heavy atom. The number of hydrogen-bond donors (Lipinski definition) is 2. The molecule has 0 amide bonds. The summed E-state index contributed by atoms with van der Waals surface area (Å²) in [6.45, 7) is 21.6. The molecule has 0 aromatic carbocycles. The zero-order chi connectivity index (χ0) is 42.1. The third kappa shape index (κ3) is 20.7. The van der Waals surface area contributed by atoms with Gasteiger partial charge in [0.25, 0.3) is 0 Å². The van der Waals surface area contributed by atoms with Gasteiger partial charge in [0.2, 0.25) is 0 Å². The fraction of sp³-hybridized carbons (Fsp3) is 0.978. The zero-order valence-corrected chi connectivity index (χ0v) is 38.4. The monoisotopic (exact) mass is 822 g/mol. The van der Waals surface area contributed by atoms with Gasteiger partial charge in [0.15, 0.2) is 0 Å². The third-order valence-electron chi connectivity index (χ3n) is 14.1. The zero-order valence-electron chi connectivity index (χ0n) is 38.4. The maximum absolute atomic E-state index is 9.03. The molecule has 0 radical (unpaired) electrons. The Morgan fingerprint density at radius 2 is 0.862 bits per heavy atom. The molecule has 3 atom stereocenters. The van der Waals surface area contributed by atoms with Crippen molar-refractivity contribution in [2.24, 2.45) is 5.73 Å². The first-order valence-electron chi connectivity index (χ1n) is 23.7. The SMILES string of the molecule is CC1CC(O)CN1C.CN1CCC(N2CCCC2)CC1.CN1CCC(N2CCCCC2)CC1.CN1CCC(N2CCOCC2)CC1.CN1CCCCCC1N.O=C=O. The first kappa shape index (κ1) is 51.3. The van der Waals surface area contributed by atoms with Crippen LogP contribution < -0.4 is 5.73 Å². The fourth-order valence-electron chi connectivity index (χ4n) is 9.85. The van der Waals surface area contributed by atoms with Crippen LogP contribution in [0.4, 0.5) is 0 Å². The highest BCUT2D eigenvalue weighted by Crippen LogP contribution is 2.22. The second-order valence-electron chi connectivity index (χ2n) is 18.8. The van der Waals surface area contributed by atoms with Crippen molar-refractivity contribution in [2.75, 3.05) is 140 Å². The predicted octanol–water partition coefficient (Wildman–Crippen LogP) is 3.42. The van der Waals surface area contributed by atoms with Crippen molar-refractivity contribution in [2.45, 2.75) is 146 Å². The van der Waals surface area contributed by atoms with Crippen LogP contribution in [0.5, 0.6) is 0 Å². The molecule has 0 aromatic rings. The molecule has 8 rings (SSSR count). The molecule has 340 valence electrons. The minimum Gasteiger partial charge on any atom is -0.392 e. The standard InChI is InChI=1S/C11H22N2.C10H20N2O.C10H20N2.C7H16N2.C6H13NO.CO2/c1-12-9-5-11(6-10-12)13-7-3-2-4-8-13;1-11-4-2-10(3-5-11)12-6-8-13-9-7-12;1-11-8-4-10(5-9-11)12-6-2-3-7-12;1-9-6-4-2-3-5-7(9)8;1-5-3-6(8)4-7(5)2;2-1-3/h11H,2-10H2,1H3;10H,2-9H2,1H3;10H,2-9H2,1H3;7H,2-6,8H2,1H3;5-6,8H,3-4H2,1-2H3;. The summed E-state index contributed by atoms with van der Waals surface area (Å²) < 4.78 is 5.36. The van der Waals surface area contributed by atoms with Gasteiger partial charge < -0.3 is 45.0 Å². The van der Waals surface area contributed by atoms with Crippen molar-refractivity contribution in [3.05, 3.63) is 0 Å². The van der Waals surface area contributed by atoms with Gasteiger partial charge in [-0.3, -0.25) is 9.80 Å². The molecule has 0 spiro atoms. The molecule has 13 heteroatoms. The number of likely N-dealkylation sites (N-methyl/N-ethyl adjacent to an activating group) is 1. The normalized spacial score (nSPS) is 30.0. The highest BCUT2D eigenvalue weighted by Gasteiger charge is 2.27. The molecule has 8 aliphatic rings. The predicted molar refractivity (Wildman–Crippen MR) is 237 cm³/mol. The lowest BCUT2D eigenvalue weighted by Gasteiger charge is -2.39. The van der Waals surface area contributed by atoms with Gasteiger partial charge in [0.05, 0.1) is 25.5 Å².